The molecule has 3 heteroatoms. The Morgan fingerprint density at radius 1 is 0.815 bits per heavy atom. The summed E-state index contributed by atoms with van der Waals surface area (Å²) in [5.74, 6) is 0.900. The van der Waals surface area contributed by atoms with Gasteiger partial charge in [0, 0.05) is 24.8 Å². The molecular weight excluding hydrogens is 336 g/mol. The van der Waals surface area contributed by atoms with E-state index < -0.39 is 0 Å². The van der Waals surface area contributed by atoms with Crippen LogP contribution in [0, 0.1) is 0 Å². The fourth-order valence-corrected chi connectivity index (χ4v) is 2.60. The average Bonchev–Trinajstić information content (AvgIpc) is 2.75. The number of carbonyl (C=O) groups excluding carboxylic acids is 1. The zero-order chi connectivity index (χ0) is 19.5. The molecule has 0 bridgehead atoms. The highest BCUT2D eigenvalue weighted by atomic mass is 16.5. The van der Waals surface area contributed by atoms with Gasteiger partial charge in [-0.05, 0) is 36.6 Å². The third-order valence-corrected chi connectivity index (χ3v) is 4.14. The van der Waals surface area contributed by atoms with Crippen LogP contribution >= 0.6 is 0 Å². The molecule has 0 spiro atoms. The normalized spacial score (nSPS) is 9.89. The lowest BCUT2D eigenvalue weighted by molar-refractivity contribution is 0.103. The number of benzene rings is 3. The number of ketones is 1. The van der Waals surface area contributed by atoms with Crippen LogP contribution in [0.15, 0.2) is 78.9 Å². The standard InChI is InChI=1S/C21H18O2.C3H8O/c1-23-19-13-11-16(12-14-19)15-18-9-5-6-10-20(18)21(22)17-7-3-2-4-8-17;1-3-4-2/h2-14H,15H2,1H3;3H2,1-2H3. The molecule has 0 radical (unpaired) electrons. The van der Waals surface area contributed by atoms with E-state index in [0.717, 1.165) is 41.0 Å². The number of carbonyl (C=O) groups is 1. The van der Waals surface area contributed by atoms with Crippen molar-refractivity contribution in [2.75, 3.05) is 20.8 Å². The van der Waals surface area contributed by atoms with Crippen molar-refractivity contribution in [3.05, 3.63) is 101 Å². The fourth-order valence-electron chi connectivity index (χ4n) is 2.60. The van der Waals surface area contributed by atoms with Gasteiger partial charge >= 0.3 is 0 Å². The monoisotopic (exact) mass is 362 g/mol. The van der Waals surface area contributed by atoms with Crippen molar-refractivity contribution in [1.29, 1.82) is 0 Å². The molecule has 0 aliphatic carbocycles. The third kappa shape index (κ3) is 6.08. The van der Waals surface area contributed by atoms with Gasteiger partial charge in [-0.1, -0.05) is 66.7 Å². The Labute approximate surface area is 161 Å². The van der Waals surface area contributed by atoms with Crippen molar-refractivity contribution in [3.8, 4) is 5.75 Å². The van der Waals surface area contributed by atoms with Crippen LogP contribution < -0.4 is 4.74 Å². The van der Waals surface area contributed by atoms with E-state index in [1.165, 1.54) is 0 Å². The molecule has 3 aromatic rings. The van der Waals surface area contributed by atoms with E-state index in [1.54, 1.807) is 14.2 Å². The Morgan fingerprint density at radius 3 is 2.00 bits per heavy atom. The first-order valence-corrected chi connectivity index (χ1v) is 8.99. The second-order valence-electron chi connectivity index (χ2n) is 5.95. The zero-order valence-electron chi connectivity index (χ0n) is 16.1. The maximum absolute atomic E-state index is 12.7. The predicted molar refractivity (Wildman–Crippen MR) is 110 cm³/mol. The SMILES string of the molecule is CCOC.COc1ccc(Cc2ccccc2C(=O)c2ccccc2)cc1. The van der Waals surface area contributed by atoms with Gasteiger partial charge in [0.2, 0.25) is 0 Å². The molecule has 0 saturated heterocycles. The molecule has 0 aliphatic heterocycles. The van der Waals surface area contributed by atoms with Crippen molar-refractivity contribution < 1.29 is 14.3 Å². The Morgan fingerprint density at radius 2 is 1.41 bits per heavy atom. The minimum atomic E-state index is 0.0645. The summed E-state index contributed by atoms with van der Waals surface area (Å²) in [4.78, 5) is 12.7. The van der Waals surface area contributed by atoms with E-state index in [0.29, 0.717) is 0 Å². The first-order valence-electron chi connectivity index (χ1n) is 8.99. The van der Waals surface area contributed by atoms with Gasteiger partial charge in [0.15, 0.2) is 5.78 Å². The molecule has 0 amide bonds. The second-order valence-corrected chi connectivity index (χ2v) is 5.95. The first-order chi connectivity index (χ1) is 13.2. The number of rotatable bonds is 6. The van der Waals surface area contributed by atoms with Crippen LogP contribution in [0.4, 0.5) is 0 Å². The summed E-state index contributed by atoms with van der Waals surface area (Å²) in [5.41, 5.74) is 3.66. The third-order valence-electron chi connectivity index (χ3n) is 4.14. The fraction of sp³-hybridized carbons (Fsp3) is 0.208. The molecule has 0 atom stereocenters. The zero-order valence-corrected chi connectivity index (χ0v) is 16.1. The Balaban J connectivity index is 0.000000596. The van der Waals surface area contributed by atoms with E-state index in [4.69, 9.17) is 4.74 Å². The van der Waals surface area contributed by atoms with Crippen LogP contribution in [-0.4, -0.2) is 26.6 Å². The quantitative estimate of drug-likeness (QED) is 0.568. The van der Waals surface area contributed by atoms with Gasteiger partial charge in [-0.2, -0.15) is 0 Å². The van der Waals surface area contributed by atoms with Crippen LogP contribution in [0.5, 0.6) is 5.75 Å². The van der Waals surface area contributed by atoms with E-state index >= 15 is 0 Å². The van der Waals surface area contributed by atoms with Gasteiger partial charge in [-0.15, -0.1) is 0 Å². The van der Waals surface area contributed by atoms with Gasteiger partial charge in [-0.3, -0.25) is 4.79 Å². The van der Waals surface area contributed by atoms with Gasteiger partial charge in [-0.25, -0.2) is 0 Å². The van der Waals surface area contributed by atoms with E-state index in [2.05, 4.69) is 4.74 Å². The summed E-state index contributed by atoms with van der Waals surface area (Å²) in [6, 6.07) is 25.1. The van der Waals surface area contributed by atoms with Gasteiger partial charge in [0.25, 0.3) is 0 Å². The predicted octanol–water partition coefficient (Wildman–Crippen LogP) is 5.17. The Kier molecular flexibility index (Phi) is 8.27. The molecule has 0 N–H and O–H groups in total. The molecular formula is C24H26O3. The summed E-state index contributed by atoms with van der Waals surface area (Å²) >= 11 is 0. The molecule has 0 aliphatic rings. The lowest BCUT2D eigenvalue weighted by atomic mass is 9.94. The van der Waals surface area contributed by atoms with Crippen molar-refractivity contribution in [2.24, 2.45) is 0 Å². The van der Waals surface area contributed by atoms with Crippen LogP contribution in [0.25, 0.3) is 0 Å². The van der Waals surface area contributed by atoms with Crippen LogP contribution in [0.2, 0.25) is 0 Å². The molecule has 0 unspecified atom stereocenters. The highest BCUT2D eigenvalue weighted by molar-refractivity contribution is 6.09. The maximum atomic E-state index is 12.7. The number of methoxy groups -OCH3 is 2. The topological polar surface area (TPSA) is 35.5 Å². The van der Waals surface area contributed by atoms with Crippen LogP contribution in [-0.2, 0) is 11.2 Å². The highest BCUT2D eigenvalue weighted by Crippen LogP contribution is 2.20. The minimum Gasteiger partial charge on any atom is -0.497 e. The smallest absolute Gasteiger partial charge is 0.193 e. The van der Waals surface area contributed by atoms with Crippen LogP contribution in [0.3, 0.4) is 0 Å². The lowest BCUT2D eigenvalue weighted by Gasteiger charge is -2.09. The summed E-state index contributed by atoms with van der Waals surface area (Å²) in [5, 5.41) is 0. The number of hydrogen-bond donors (Lipinski definition) is 0. The molecule has 3 rings (SSSR count). The molecule has 140 valence electrons. The summed E-state index contributed by atoms with van der Waals surface area (Å²) in [6.07, 6.45) is 0.721. The van der Waals surface area contributed by atoms with Crippen molar-refractivity contribution in [3.63, 3.8) is 0 Å². The minimum absolute atomic E-state index is 0.0645. The molecule has 3 nitrogen and oxygen atoms in total. The number of ether oxygens (including phenoxy) is 2. The molecule has 0 aromatic heterocycles. The summed E-state index contributed by atoms with van der Waals surface area (Å²) < 4.78 is 9.73. The molecule has 27 heavy (non-hydrogen) atoms. The first kappa shape index (κ1) is 20.4. The maximum Gasteiger partial charge on any atom is 0.193 e. The van der Waals surface area contributed by atoms with E-state index in [1.807, 2.05) is 85.8 Å². The second kappa shape index (κ2) is 10.9. The molecule has 0 heterocycles. The van der Waals surface area contributed by atoms with Gasteiger partial charge in [0.1, 0.15) is 5.75 Å². The largest absolute Gasteiger partial charge is 0.497 e. The Bertz CT molecular complexity index is 822. The highest BCUT2D eigenvalue weighted by Gasteiger charge is 2.13. The molecule has 0 saturated carbocycles. The Hall–Kier alpha value is -2.91. The van der Waals surface area contributed by atoms with Gasteiger partial charge in [0.05, 0.1) is 7.11 Å². The number of hydrogen-bond acceptors (Lipinski definition) is 3. The molecule has 0 fully saturated rings. The summed E-state index contributed by atoms with van der Waals surface area (Å²) in [6.45, 7) is 2.78. The average molecular weight is 362 g/mol. The van der Waals surface area contributed by atoms with Crippen molar-refractivity contribution in [1.82, 2.24) is 0 Å². The lowest BCUT2D eigenvalue weighted by Crippen LogP contribution is -2.05. The summed E-state index contributed by atoms with van der Waals surface area (Å²) in [7, 11) is 3.34. The van der Waals surface area contributed by atoms with Crippen molar-refractivity contribution >= 4 is 5.78 Å². The van der Waals surface area contributed by atoms with E-state index in [9.17, 15) is 4.79 Å². The van der Waals surface area contributed by atoms with E-state index in [-0.39, 0.29) is 5.78 Å². The van der Waals surface area contributed by atoms with Crippen molar-refractivity contribution in [2.45, 2.75) is 13.3 Å². The molecule has 3 aromatic carbocycles. The van der Waals surface area contributed by atoms with Gasteiger partial charge < -0.3 is 9.47 Å². The van der Waals surface area contributed by atoms with Crippen LogP contribution in [0.1, 0.15) is 34.0 Å².